The third kappa shape index (κ3) is 3.59. The van der Waals surface area contributed by atoms with Crippen molar-refractivity contribution in [3.8, 4) is 0 Å². The van der Waals surface area contributed by atoms with Crippen molar-refractivity contribution in [2.24, 2.45) is 0 Å². The van der Waals surface area contributed by atoms with E-state index in [0.29, 0.717) is 17.6 Å². The molecule has 0 atom stereocenters. The number of carbonyl (C=O) groups is 1. The van der Waals surface area contributed by atoms with Gasteiger partial charge in [0.25, 0.3) is 0 Å². The summed E-state index contributed by atoms with van der Waals surface area (Å²) in [5.74, 6) is -0.272. The topological polar surface area (TPSA) is 73.1 Å². The molecule has 1 aromatic carbocycles. The number of allylic oxidation sites excluding steroid dienone is 1. The van der Waals surface area contributed by atoms with Crippen LogP contribution >= 0.6 is 0 Å². The number of para-hydroxylation sites is 2. The van der Waals surface area contributed by atoms with Gasteiger partial charge in [-0.05, 0) is 18.6 Å². The Morgan fingerprint density at radius 1 is 1.17 bits per heavy atom. The van der Waals surface area contributed by atoms with Crippen molar-refractivity contribution in [2.45, 2.75) is 32.9 Å². The van der Waals surface area contributed by atoms with Crippen LogP contribution in [-0.4, -0.2) is 21.6 Å². The van der Waals surface area contributed by atoms with E-state index >= 15 is 0 Å². The van der Waals surface area contributed by atoms with Crippen molar-refractivity contribution in [1.82, 2.24) is 14.5 Å². The lowest BCUT2D eigenvalue weighted by Gasteiger charge is -2.14. The monoisotopic (exact) mass is 315 g/mol. The quantitative estimate of drug-likeness (QED) is 0.475. The molecule has 0 aliphatic heterocycles. The summed E-state index contributed by atoms with van der Waals surface area (Å²) in [5, 5.41) is 2.76. The number of carbonyl (C=O) groups excluding carboxylic acids is 1. The predicted molar refractivity (Wildman–Crippen MR) is 90.6 cm³/mol. The van der Waals surface area contributed by atoms with Crippen molar-refractivity contribution in [3.05, 3.63) is 57.6 Å². The lowest BCUT2D eigenvalue weighted by atomic mass is 10.2. The Balaban J connectivity index is 2.48. The van der Waals surface area contributed by atoms with Gasteiger partial charge in [-0.25, -0.2) is 0 Å². The summed E-state index contributed by atoms with van der Waals surface area (Å²) >= 11 is 0. The summed E-state index contributed by atoms with van der Waals surface area (Å²) in [6, 6.07) is 7.05. The molecule has 2 rings (SSSR count). The average Bonchev–Trinajstić information content (AvgIpc) is 2.56. The van der Waals surface area contributed by atoms with Crippen LogP contribution < -0.4 is 16.4 Å². The van der Waals surface area contributed by atoms with E-state index in [0.717, 1.165) is 12.8 Å². The molecule has 0 bridgehead atoms. The number of aromatic nitrogens is 2. The smallest absolute Gasteiger partial charge is 0.317 e. The third-order valence-corrected chi connectivity index (χ3v) is 3.60. The number of nitrogens with one attached hydrogen (secondary N) is 1. The van der Waals surface area contributed by atoms with Gasteiger partial charge in [0.15, 0.2) is 0 Å². The van der Waals surface area contributed by atoms with Gasteiger partial charge in [-0.2, -0.15) is 0 Å². The zero-order valence-corrected chi connectivity index (χ0v) is 13.2. The number of benzene rings is 1. The SMILES string of the molecule is C=CCn1c(=O)c(=O)n(CC(=O)NCCCC)c2ccccc21. The van der Waals surface area contributed by atoms with Crippen molar-refractivity contribution >= 4 is 16.9 Å². The second kappa shape index (κ2) is 7.58. The molecule has 6 heteroatoms. The second-order valence-electron chi connectivity index (χ2n) is 5.29. The Kier molecular flexibility index (Phi) is 5.51. The molecular formula is C17H21N3O3. The van der Waals surface area contributed by atoms with Crippen molar-refractivity contribution in [3.63, 3.8) is 0 Å². The van der Waals surface area contributed by atoms with E-state index in [9.17, 15) is 14.4 Å². The van der Waals surface area contributed by atoms with Gasteiger partial charge >= 0.3 is 11.1 Å². The minimum absolute atomic E-state index is 0.159. The largest absolute Gasteiger partial charge is 0.355 e. The molecule has 0 saturated heterocycles. The Morgan fingerprint density at radius 2 is 1.78 bits per heavy atom. The van der Waals surface area contributed by atoms with E-state index in [-0.39, 0.29) is 19.0 Å². The maximum Gasteiger partial charge on any atom is 0.317 e. The van der Waals surface area contributed by atoms with E-state index in [4.69, 9.17) is 0 Å². The summed E-state index contributed by atoms with van der Waals surface area (Å²) in [4.78, 5) is 36.7. The average molecular weight is 315 g/mol. The molecule has 6 nitrogen and oxygen atoms in total. The molecule has 1 heterocycles. The number of hydrogen-bond acceptors (Lipinski definition) is 3. The fourth-order valence-corrected chi connectivity index (χ4v) is 2.44. The molecule has 0 fully saturated rings. The van der Waals surface area contributed by atoms with Crippen LogP contribution in [0.2, 0.25) is 0 Å². The molecule has 0 aliphatic rings. The Hall–Kier alpha value is -2.63. The van der Waals surface area contributed by atoms with Crippen molar-refractivity contribution in [2.75, 3.05) is 6.54 Å². The van der Waals surface area contributed by atoms with Crippen molar-refractivity contribution in [1.29, 1.82) is 0 Å². The fraction of sp³-hybridized carbons (Fsp3) is 0.353. The molecule has 23 heavy (non-hydrogen) atoms. The molecule has 1 aromatic heterocycles. The van der Waals surface area contributed by atoms with E-state index in [1.54, 1.807) is 30.3 Å². The summed E-state index contributed by atoms with van der Waals surface area (Å²) in [7, 11) is 0. The van der Waals surface area contributed by atoms with Gasteiger partial charge in [0.1, 0.15) is 6.54 Å². The molecule has 2 aromatic rings. The van der Waals surface area contributed by atoms with Crippen LogP contribution in [-0.2, 0) is 17.9 Å². The second-order valence-corrected chi connectivity index (χ2v) is 5.29. The Morgan fingerprint density at radius 3 is 2.39 bits per heavy atom. The van der Waals surface area contributed by atoms with Gasteiger partial charge in [-0.1, -0.05) is 31.6 Å². The van der Waals surface area contributed by atoms with Crippen LogP contribution in [0.3, 0.4) is 0 Å². The number of nitrogens with zero attached hydrogens (tertiary/aromatic N) is 2. The van der Waals surface area contributed by atoms with E-state index in [2.05, 4.69) is 11.9 Å². The normalized spacial score (nSPS) is 10.7. The standard InChI is InChI=1S/C17H21N3O3/c1-3-5-10-18-15(21)12-20-14-9-7-6-8-13(14)19(11-4-2)16(22)17(20)23/h4,6-9H,2-3,5,10-12H2,1H3,(H,18,21). The minimum atomic E-state index is -0.698. The van der Waals surface area contributed by atoms with Gasteiger partial charge < -0.3 is 5.32 Å². The first-order valence-corrected chi connectivity index (χ1v) is 7.70. The zero-order chi connectivity index (χ0) is 16.8. The molecule has 1 N–H and O–H groups in total. The van der Waals surface area contributed by atoms with Crippen molar-refractivity contribution < 1.29 is 4.79 Å². The number of rotatable bonds is 7. The van der Waals surface area contributed by atoms with Crippen LogP contribution in [0.4, 0.5) is 0 Å². The molecule has 0 unspecified atom stereocenters. The first-order valence-electron chi connectivity index (χ1n) is 7.70. The fourth-order valence-electron chi connectivity index (χ4n) is 2.44. The highest BCUT2D eigenvalue weighted by Gasteiger charge is 2.14. The molecule has 122 valence electrons. The number of amides is 1. The summed E-state index contributed by atoms with van der Waals surface area (Å²) in [6.45, 7) is 6.30. The molecule has 0 radical (unpaired) electrons. The number of unbranched alkanes of at least 4 members (excludes halogenated alkanes) is 1. The van der Waals surface area contributed by atoms with Gasteiger partial charge in [0.05, 0.1) is 11.0 Å². The lowest BCUT2D eigenvalue weighted by molar-refractivity contribution is -0.121. The summed E-state index contributed by atoms with van der Waals surface area (Å²) < 4.78 is 2.61. The maximum atomic E-state index is 12.4. The molecule has 0 saturated carbocycles. The number of hydrogen-bond donors (Lipinski definition) is 1. The molecule has 0 aliphatic carbocycles. The van der Waals surface area contributed by atoms with Crippen LogP contribution in [0.25, 0.3) is 11.0 Å². The summed E-state index contributed by atoms with van der Waals surface area (Å²) in [6.07, 6.45) is 3.41. The van der Waals surface area contributed by atoms with E-state index in [1.165, 1.54) is 9.13 Å². The van der Waals surface area contributed by atoms with Gasteiger partial charge in [-0.15, -0.1) is 6.58 Å². The first-order chi connectivity index (χ1) is 11.1. The van der Waals surface area contributed by atoms with Gasteiger partial charge in [-0.3, -0.25) is 23.5 Å². The van der Waals surface area contributed by atoms with Gasteiger partial charge in [0, 0.05) is 13.1 Å². The van der Waals surface area contributed by atoms with E-state index in [1.807, 2.05) is 6.92 Å². The highest BCUT2D eigenvalue weighted by Crippen LogP contribution is 2.10. The Bertz CT molecular complexity index is 833. The maximum absolute atomic E-state index is 12.4. The first kappa shape index (κ1) is 16.7. The van der Waals surface area contributed by atoms with Crippen LogP contribution in [0.1, 0.15) is 19.8 Å². The lowest BCUT2D eigenvalue weighted by Crippen LogP contribution is -2.43. The van der Waals surface area contributed by atoms with E-state index < -0.39 is 11.1 Å². The highest BCUT2D eigenvalue weighted by molar-refractivity contribution is 5.80. The third-order valence-electron chi connectivity index (χ3n) is 3.60. The van der Waals surface area contributed by atoms with Gasteiger partial charge in [0.2, 0.25) is 5.91 Å². The van der Waals surface area contributed by atoms with Crippen LogP contribution in [0, 0.1) is 0 Å². The van der Waals surface area contributed by atoms with Crippen LogP contribution in [0.15, 0.2) is 46.5 Å². The van der Waals surface area contributed by atoms with Crippen LogP contribution in [0.5, 0.6) is 0 Å². The minimum Gasteiger partial charge on any atom is -0.355 e. The zero-order valence-electron chi connectivity index (χ0n) is 13.2. The molecule has 0 spiro atoms. The Labute approximate surface area is 134 Å². The molecular weight excluding hydrogens is 294 g/mol. The molecule has 1 amide bonds. The number of fused-ring (bicyclic) bond motifs is 1. The highest BCUT2D eigenvalue weighted by atomic mass is 16.2. The summed E-state index contributed by atoms with van der Waals surface area (Å²) in [5.41, 5.74) is -0.177. The predicted octanol–water partition coefficient (Wildman–Crippen LogP) is 1.27.